The third-order valence-corrected chi connectivity index (χ3v) is 3.46. The molecular weight excluding hydrogens is 265 g/mol. The molecule has 0 saturated carbocycles. The molecule has 0 saturated heterocycles. The molecule has 1 aliphatic heterocycles. The lowest BCUT2D eigenvalue weighted by Crippen LogP contribution is -2.07. The Morgan fingerprint density at radius 2 is 2.06 bits per heavy atom. The lowest BCUT2D eigenvalue weighted by molar-refractivity contribution is 0.550. The molecule has 0 radical (unpaired) electrons. The van der Waals surface area contributed by atoms with Crippen molar-refractivity contribution in [3.05, 3.63) is 46.5 Å². The zero-order chi connectivity index (χ0) is 11.1. The van der Waals surface area contributed by atoms with E-state index in [1.54, 1.807) is 0 Å². The van der Waals surface area contributed by atoms with Gasteiger partial charge in [0.15, 0.2) is 0 Å². The molecule has 2 unspecified atom stereocenters. The number of rotatable bonds is 1. The predicted octanol–water partition coefficient (Wildman–Crippen LogP) is 1.71. The zero-order valence-electron chi connectivity index (χ0n) is 8.97. The third-order valence-electron chi connectivity index (χ3n) is 3.13. The van der Waals surface area contributed by atoms with Gasteiger partial charge in [-0.05, 0) is 33.7 Å². The Kier molecular flexibility index (Phi) is 2.35. The molecule has 2 heterocycles. The molecule has 3 rings (SSSR count). The van der Waals surface area contributed by atoms with E-state index in [0.717, 1.165) is 12.2 Å². The van der Waals surface area contributed by atoms with Crippen LogP contribution in [0.4, 0.5) is 0 Å². The maximum absolute atomic E-state index is 4.42. The van der Waals surface area contributed by atoms with Gasteiger partial charge in [0.05, 0.1) is 6.04 Å². The number of hydrogen-bond donors (Lipinski definition) is 0. The van der Waals surface area contributed by atoms with Crippen LogP contribution in [0.5, 0.6) is 0 Å². The van der Waals surface area contributed by atoms with Gasteiger partial charge in [0.25, 0.3) is 0 Å². The van der Waals surface area contributed by atoms with Crippen molar-refractivity contribution in [2.75, 3.05) is 0 Å². The summed E-state index contributed by atoms with van der Waals surface area (Å²) in [4.78, 5) is 4.42. The fourth-order valence-electron chi connectivity index (χ4n) is 2.37. The van der Waals surface area contributed by atoms with Gasteiger partial charge in [-0.2, -0.15) is 0 Å². The van der Waals surface area contributed by atoms with E-state index in [-0.39, 0.29) is 0 Å². The predicted molar refractivity (Wildman–Crippen MR) is 68.2 cm³/mol. The molecular formula is C11H11BBrN3. The molecule has 5 heteroatoms. The number of benzene rings is 1. The Morgan fingerprint density at radius 3 is 2.81 bits per heavy atom. The maximum Gasteiger partial charge on any atom is 0.217 e. The van der Waals surface area contributed by atoms with E-state index >= 15 is 0 Å². The smallest absolute Gasteiger partial charge is 0.217 e. The highest BCUT2D eigenvalue weighted by atomic mass is 79.9. The van der Waals surface area contributed by atoms with Crippen LogP contribution in [-0.2, 0) is 0 Å². The molecule has 1 aromatic carbocycles. The minimum Gasteiger partial charge on any atom is -0.242 e. The van der Waals surface area contributed by atoms with Gasteiger partial charge in [-0.3, -0.25) is 0 Å². The van der Waals surface area contributed by atoms with Crippen LogP contribution in [0.25, 0.3) is 0 Å². The Labute approximate surface area is 103 Å². The van der Waals surface area contributed by atoms with Crippen molar-refractivity contribution in [2.45, 2.75) is 18.3 Å². The molecule has 2 aromatic rings. The fourth-order valence-corrected chi connectivity index (χ4v) is 2.72. The summed E-state index contributed by atoms with van der Waals surface area (Å²) in [5, 5.41) is 4.42. The minimum absolute atomic E-state index is 0.338. The Bertz CT molecular complexity index is 511. The van der Waals surface area contributed by atoms with E-state index < -0.39 is 0 Å². The van der Waals surface area contributed by atoms with Gasteiger partial charge in [-0.1, -0.05) is 30.3 Å². The Morgan fingerprint density at radius 1 is 1.31 bits per heavy atom. The van der Waals surface area contributed by atoms with Gasteiger partial charge in [0, 0.05) is 0 Å². The highest BCUT2D eigenvalue weighted by Crippen LogP contribution is 2.36. The van der Waals surface area contributed by atoms with E-state index in [1.165, 1.54) is 5.56 Å². The van der Waals surface area contributed by atoms with Crippen LogP contribution in [0.3, 0.4) is 0 Å². The molecule has 0 N–H and O–H groups in total. The van der Waals surface area contributed by atoms with Crippen molar-refractivity contribution in [1.29, 1.82) is 0 Å². The van der Waals surface area contributed by atoms with Gasteiger partial charge >= 0.3 is 0 Å². The molecule has 0 spiro atoms. The quantitative estimate of drug-likeness (QED) is 0.742. The first-order valence-electron chi connectivity index (χ1n) is 5.42. The second kappa shape index (κ2) is 3.73. The van der Waals surface area contributed by atoms with Crippen LogP contribution in [0.1, 0.15) is 29.7 Å². The number of fused-ring (bicyclic) bond motifs is 1. The minimum atomic E-state index is 0.338. The van der Waals surface area contributed by atoms with Gasteiger partial charge in [0.1, 0.15) is 13.7 Å². The molecule has 80 valence electrons. The van der Waals surface area contributed by atoms with Crippen molar-refractivity contribution in [3.63, 3.8) is 0 Å². The number of halogens is 1. The van der Waals surface area contributed by atoms with Crippen LogP contribution in [0.15, 0.2) is 35.1 Å². The van der Waals surface area contributed by atoms with Gasteiger partial charge in [-0.25, -0.2) is 9.67 Å². The summed E-state index contributed by atoms with van der Waals surface area (Å²) in [5.74, 6) is 1.56. The van der Waals surface area contributed by atoms with Gasteiger partial charge < -0.3 is 0 Å². The standard InChI is InChI=1S/C11H11BBrN3/c12-8-6-9(7-4-2-1-3-5-7)16-10(8)14-11(13)15-16/h1-5,8-9H,6,12H2. The van der Waals surface area contributed by atoms with Crippen molar-refractivity contribution < 1.29 is 0 Å². The van der Waals surface area contributed by atoms with Crippen LogP contribution in [0, 0.1) is 0 Å². The van der Waals surface area contributed by atoms with Crippen LogP contribution < -0.4 is 0 Å². The van der Waals surface area contributed by atoms with E-state index in [0.29, 0.717) is 16.6 Å². The second-order valence-corrected chi connectivity index (χ2v) is 4.96. The van der Waals surface area contributed by atoms with Gasteiger partial charge in [0.2, 0.25) is 4.73 Å². The average molecular weight is 276 g/mol. The Balaban J connectivity index is 2.06. The summed E-state index contributed by atoms with van der Waals surface area (Å²) in [6, 6.07) is 10.8. The first-order valence-corrected chi connectivity index (χ1v) is 6.22. The van der Waals surface area contributed by atoms with Gasteiger partial charge in [-0.15, -0.1) is 5.10 Å². The van der Waals surface area contributed by atoms with Crippen LogP contribution >= 0.6 is 15.9 Å². The van der Waals surface area contributed by atoms with Crippen LogP contribution in [-0.4, -0.2) is 22.6 Å². The number of hydrogen-bond acceptors (Lipinski definition) is 2. The summed E-state index contributed by atoms with van der Waals surface area (Å²) in [5.41, 5.74) is 1.31. The normalized spacial score (nSPS) is 23.3. The number of aromatic nitrogens is 3. The van der Waals surface area contributed by atoms with Crippen molar-refractivity contribution in [2.24, 2.45) is 0 Å². The molecule has 16 heavy (non-hydrogen) atoms. The summed E-state index contributed by atoms with van der Waals surface area (Å²) in [6.45, 7) is 0. The number of nitrogens with zero attached hydrogens (tertiary/aromatic N) is 3. The van der Waals surface area contributed by atoms with Crippen molar-refractivity contribution in [1.82, 2.24) is 14.8 Å². The summed E-state index contributed by atoms with van der Waals surface area (Å²) >= 11 is 3.34. The summed E-state index contributed by atoms with van der Waals surface area (Å²) < 4.78 is 2.74. The summed E-state index contributed by atoms with van der Waals surface area (Å²) in [6.07, 6.45) is 1.09. The topological polar surface area (TPSA) is 30.7 Å². The maximum atomic E-state index is 4.42. The molecule has 0 amide bonds. The molecule has 3 nitrogen and oxygen atoms in total. The monoisotopic (exact) mass is 275 g/mol. The molecule has 0 aliphatic carbocycles. The highest BCUT2D eigenvalue weighted by Gasteiger charge is 2.31. The average Bonchev–Trinajstić information content (AvgIpc) is 2.80. The lowest BCUT2D eigenvalue weighted by atomic mass is 9.83. The second-order valence-electron chi connectivity index (χ2n) is 4.25. The lowest BCUT2D eigenvalue weighted by Gasteiger charge is -2.11. The highest BCUT2D eigenvalue weighted by molar-refractivity contribution is 9.10. The zero-order valence-corrected chi connectivity index (χ0v) is 10.6. The first-order chi connectivity index (χ1) is 7.75. The Hall–Kier alpha value is -1.10. The molecule has 0 bridgehead atoms. The molecule has 2 atom stereocenters. The van der Waals surface area contributed by atoms with Crippen molar-refractivity contribution in [3.8, 4) is 0 Å². The molecule has 1 aliphatic rings. The van der Waals surface area contributed by atoms with Crippen molar-refractivity contribution >= 4 is 23.8 Å². The van der Waals surface area contributed by atoms with E-state index in [1.807, 2.05) is 10.7 Å². The fraction of sp³-hybridized carbons (Fsp3) is 0.273. The first kappa shape index (κ1) is 10.1. The van der Waals surface area contributed by atoms with E-state index in [2.05, 4.69) is 58.1 Å². The van der Waals surface area contributed by atoms with Crippen LogP contribution in [0.2, 0.25) is 0 Å². The third kappa shape index (κ3) is 1.50. The largest absolute Gasteiger partial charge is 0.242 e. The SMILES string of the molecule is BC1CC(c2ccccc2)n2nc(Br)nc21. The van der Waals surface area contributed by atoms with E-state index in [9.17, 15) is 0 Å². The molecule has 0 fully saturated rings. The summed E-state index contributed by atoms with van der Waals surface area (Å²) in [7, 11) is 2.20. The molecule has 1 aromatic heterocycles. The van der Waals surface area contributed by atoms with E-state index in [4.69, 9.17) is 0 Å².